The fourth-order valence-electron chi connectivity index (χ4n) is 2.83. The lowest BCUT2D eigenvalue weighted by Crippen LogP contribution is -2.38. The number of rotatable bonds is 7. The number of nitrogens with one attached hydrogen (secondary N) is 1. The van der Waals surface area contributed by atoms with E-state index in [-0.39, 0.29) is 11.4 Å². The number of thioether (sulfide) groups is 1. The van der Waals surface area contributed by atoms with Crippen LogP contribution in [0.5, 0.6) is 0 Å². The molecule has 8 heteroatoms. The van der Waals surface area contributed by atoms with Gasteiger partial charge in [0.15, 0.2) is 0 Å². The van der Waals surface area contributed by atoms with Crippen molar-refractivity contribution < 1.29 is 13.2 Å². The van der Waals surface area contributed by atoms with Crippen LogP contribution in [0.25, 0.3) is 0 Å². The molecule has 0 bridgehead atoms. The van der Waals surface area contributed by atoms with Gasteiger partial charge in [-0.15, -0.1) is 11.8 Å². The predicted molar refractivity (Wildman–Crippen MR) is 124 cm³/mol. The highest BCUT2D eigenvalue weighted by molar-refractivity contribution is 7.98. The summed E-state index contributed by atoms with van der Waals surface area (Å²) >= 11 is 7.46. The van der Waals surface area contributed by atoms with E-state index in [0.29, 0.717) is 16.4 Å². The largest absolute Gasteiger partial charge is 0.323 e. The molecule has 0 fully saturated rings. The van der Waals surface area contributed by atoms with Gasteiger partial charge < -0.3 is 5.32 Å². The zero-order valence-electron chi connectivity index (χ0n) is 16.5. The maximum atomic E-state index is 13.3. The smallest absolute Gasteiger partial charge is 0.264 e. The monoisotopic (exact) mass is 460 g/mol. The summed E-state index contributed by atoms with van der Waals surface area (Å²) in [7, 11) is -3.96. The summed E-state index contributed by atoms with van der Waals surface area (Å²) < 4.78 is 27.8. The minimum Gasteiger partial charge on any atom is -0.323 e. The van der Waals surface area contributed by atoms with Gasteiger partial charge in [0.1, 0.15) is 6.54 Å². The molecule has 0 atom stereocenters. The van der Waals surface area contributed by atoms with Gasteiger partial charge in [-0.3, -0.25) is 9.10 Å². The molecule has 1 N–H and O–H groups in total. The average Bonchev–Trinajstić information content (AvgIpc) is 2.73. The Balaban J connectivity index is 1.94. The quantitative estimate of drug-likeness (QED) is 0.492. The average molecular weight is 461 g/mol. The molecule has 0 saturated heterocycles. The number of hydrogen-bond acceptors (Lipinski definition) is 4. The highest BCUT2D eigenvalue weighted by Gasteiger charge is 2.27. The summed E-state index contributed by atoms with van der Waals surface area (Å²) in [6.45, 7) is 1.50. The number of anilines is 2. The first kappa shape index (κ1) is 22.2. The Kier molecular flexibility index (Phi) is 7.07. The minimum absolute atomic E-state index is 0.111. The lowest BCUT2D eigenvalue weighted by atomic mass is 10.2. The van der Waals surface area contributed by atoms with Gasteiger partial charge in [0.2, 0.25) is 5.91 Å². The standard InChI is InChI=1S/C22H21ClN2O3S2/c1-16-7-13-19(14-8-16)30(27,28)25(18-11-9-17(23)10-12-18)15-22(26)24-20-5-3-4-6-21(20)29-2/h3-14H,15H2,1-2H3,(H,24,26). The van der Waals surface area contributed by atoms with E-state index in [1.165, 1.54) is 23.9 Å². The number of para-hydroxylation sites is 1. The number of carbonyl (C=O) groups is 1. The van der Waals surface area contributed by atoms with Crippen LogP contribution in [-0.4, -0.2) is 27.1 Å². The van der Waals surface area contributed by atoms with E-state index in [1.807, 2.05) is 31.4 Å². The summed E-state index contributed by atoms with van der Waals surface area (Å²) in [5.74, 6) is -0.442. The molecule has 1 amide bonds. The number of carbonyl (C=O) groups excluding carboxylic acids is 1. The number of aryl methyl sites for hydroxylation is 1. The molecule has 0 unspecified atom stereocenters. The second kappa shape index (κ2) is 9.55. The van der Waals surface area contributed by atoms with Crippen LogP contribution in [-0.2, 0) is 14.8 Å². The molecule has 0 aliphatic carbocycles. The first-order valence-corrected chi connectivity index (χ1v) is 12.1. The Morgan fingerprint density at radius 1 is 1.00 bits per heavy atom. The molecule has 0 spiro atoms. The van der Waals surface area contributed by atoms with Crippen molar-refractivity contribution in [2.45, 2.75) is 16.7 Å². The predicted octanol–water partition coefficient (Wildman–Crippen LogP) is 5.20. The van der Waals surface area contributed by atoms with Crippen LogP contribution >= 0.6 is 23.4 Å². The van der Waals surface area contributed by atoms with Gasteiger partial charge in [-0.1, -0.05) is 41.4 Å². The van der Waals surface area contributed by atoms with Crippen molar-refractivity contribution in [1.82, 2.24) is 0 Å². The molecule has 0 heterocycles. The Morgan fingerprint density at radius 3 is 2.27 bits per heavy atom. The van der Waals surface area contributed by atoms with Crippen molar-refractivity contribution in [3.05, 3.63) is 83.4 Å². The maximum Gasteiger partial charge on any atom is 0.264 e. The normalized spacial score (nSPS) is 11.2. The minimum atomic E-state index is -3.96. The molecule has 0 aromatic heterocycles. The van der Waals surface area contributed by atoms with Crippen molar-refractivity contribution >= 4 is 50.7 Å². The second-order valence-corrected chi connectivity index (χ2v) is 9.70. The number of hydrogen-bond donors (Lipinski definition) is 1. The van der Waals surface area contributed by atoms with Crippen LogP contribution < -0.4 is 9.62 Å². The van der Waals surface area contributed by atoms with Crippen molar-refractivity contribution in [3.63, 3.8) is 0 Å². The van der Waals surface area contributed by atoms with Crippen molar-refractivity contribution in [2.24, 2.45) is 0 Å². The molecule has 3 aromatic rings. The lowest BCUT2D eigenvalue weighted by Gasteiger charge is -2.24. The van der Waals surface area contributed by atoms with Crippen LogP contribution in [0.3, 0.4) is 0 Å². The van der Waals surface area contributed by atoms with E-state index in [2.05, 4.69) is 5.32 Å². The van der Waals surface area contributed by atoms with Crippen LogP contribution in [0, 0.1) is 6.92 Å². The van der Waals surface area contributed by atoms with Crippen LogP contribution in [0.4, 0.5) is 11.4 Å². The van der Waals surface area contributed by atoms with Crippen molar-refractivity contribution in [1.29, 1.82) is 0 Å². The Bertz CT molecular complexity index is 1130. The number of amides is 1. The van der Waals surface area contributed by atoms with E-state index in [9.17, 15) is 13.2 Å². The lowest BCUT2D eigenvalue weighted by molar-refractivity contribution is -0.114. The molecule has 3 aromatic carbocycles. The number of sulfonamides is 1. The molecule has 0 aliphatic rings. The topological polar surface area (TPSA) is 66.5 Å². The van der Waals surface area contributed by atoms with Gasteiger partial charge in [0, 0.05) is 9.92 Å². The highest BCUT2D eigenvalue weighted by atomic mass is 35.5. The first-order chi connectivity index (χ1) is 14.3. The maximum absolute atomic E-state index is 13.3. The van der Waals surface area contributed by atoms with Gasteiger partial charge in [-0.2, -0.15) is 0 Å². The van der Waals surface area contributed by atoms with Gasteiger partial charge in [0.05, 0.1) is 16.3 Å². The number of benzene rings is 3. The Morgan fingerprint density at radius 2 is 1.63 bits per heavy atom. The molecule has 5 nitrogen and oxygen atoms in total. The van der Waals surface area contributed by atoms with Crippen LogP contribution in [0.1, 0.15) is 5.56 Å². The third-order valence-electron chi connectivity index (χ3n) is 4.39. The van der Waals surface area contributed by atoms with E-state index in [4.69, 9.17) is 11.6 Å². The van der Waals surface area contributed by atoms with Gasteiger partial charge >= 0.3 is 0 Å². The zero-order chi connectivity index (χ0) is 21.7. The third kappa shape index (κ3) is 5.16. The van der Waals surface area contributed by atoms with Crippen LogP contribution in [0.2, 0.25) is 5.02 Å². The van der Waals surface area contributed by atoms with Crippen molar-refractivity contribution in [2.75, 3.05) is 22.4 Å². The van der Waals surface area contributed by atoms with E-state index >= 15 is 0 Å². The zero-order valence-corrected chi connectivity index (χ0v) is 18.9. The summed E-state index contributed by atoms with van der Waals surface area (Å²) in [6, 6.07) is 20.2. The van der Waals surface area contributed by atoms with E-state index < -0.39 is 15.9 Å². The number of halogens is 1. The molecule has 0 radical (unpaired) electrons. The summed E-state index contributed by atoms with van der Waals surface area (Å²) in [5, 5.41) is 3.29. The van der Waals surface area contributed by atoms with Crippen LogP contribution in [0.15, 0.2) is 82.6 Å². The fourth-order valence-corrected chi connectivity index (χ4v) is 4.93. The van der Waals surface area contributed by atoms with Gasteiger partial charge in [0.25, 0.3) is 10.0 Å². The van der Waals surface area contributed by atoms with E-state index in [0.717, 1.165) is 14.8 Å². The third-order valence-corrected chi connectivity index (χ3v) is 7.23. The highest BCUT2D eigenvalue weighted by Crippen LogP contribution is 2.27. The summed E-state index contributed by atoms with van der Waals surface area (Å²) in [4.78, 5) is 13.8. The van der Waals surface area contributed by atoms with E-state index in [1.54, 1.807) is 42.5 Å². The molecule has 3 rings (SSSR count). The van der Waals surface area contributed by atoms with Gasteiger partial charge in [-0.25, -0.2) is 8.42 Å². The molecule has 0 saturated carbocycles. The number of nitrogens with zero attached hydrogens (tertiary/aromatic N) is 1. The Labute approximate surface area is 186 Å². The first-order valence-electron chi connectivity index (χ1n) is 9.09. The Hall–Kier alpha value is -2.48. The van der Waals surface area contributed by atoms with Gasteiger partial charge in [-0.05, 0) is 61.7 Å². The second-order valence-electron chi connectivity index (χ2n) is 6.55. The molecule has 30 heavy (non-hydrogen) atoms. The summed E-state index contributed by atoms with van der Waals surface area (Å²) in [5.41, 5.74) is 1.94. The molecular formula is C22H21ClN2O3S2. The fraction of sp³-hybridized carbons (Fsp3) is 0.136. The molecule has 156 valence electrons. The molecular weight excluding hydrogens is 440 g/mol. The SMILES string of the molecule is CSc1ccccc1NC(=O)CN(c1ccc(Cl)cc1)S(=O)(=O)c1ccc(C)cc1. The summed E-state index contributed by atoms with van der Waals surface area (Å²) in [6.07, 6.45) is 1.91. The van der Waals surface area contributed by atoms with Crippen molar-refractivity contribution in [3.8, 4) is 0 Å². The molecule has 0 aliphatic heterocycles.